The van der Waals surface area contributed by atoms with E-state index in [1.807, 2.05) is 37.3 Å². The maximum atomic E-state index is 12.0. The molecule has 0 N–H and O–H groups in total. The standard InChI is InChI=1S/C20H23ClO2/c1-4-14(5-2)18-11-10-17(21)13-19(18)15-8-7-9-16(12-15)20(22)23-6-3/h7-14H,4-6H2,1-3H3. The van der Waals surface area contributed by atoms with Gasteiger partial charge in [-0.3, -0.25) is 0 Å². The van der Waals surface area contributed by atoms with Gasteiger partial charge in [0.2, 0.25) is 0 Å². The maximum Gasteiger partial charge on any atom is 0.338 e. The molecule has 3 heteroatoms. The van der Waals surface area contributed by atoms with Gasteiger partial charge in [0.05, 0.1) is 12.2 Å². The quantitative estimate of drug-likeness (QED) is 0.599. The number of carbonyl (C=O) groups excluding carboxylic acids is 1. The van der Waals surface area contributed by atoms with Crippen LogP contribution in [0.3, 0.4) is 0 Å². The topological polar surface area (TPSA) is 26.3 Å². The van der Waals surface area contributed by atoms with E-state index in [0.29, 0.717) is 23.1 Å². The molecule has 0 fully saturated rings. The third kappa shape index (κ3) is 4.14. The molecular weight excluding hydrogens is 308 g/mol. The van der Waals surface area contributed by atoms with E-state index in [9.17, 15) is 4.79 Å². The highest BCUT2D eigenvalue weighted by molar-refractivity contribution is 6.30. The molecule has 0 aliphatic rings. The molecule has 0 radical (unpaired) electrons. The largest absolute Gasteiger partial charge is 0.462 e. The van der Waals surface area contributed by atoms with Crippen molar-refractivity contribution in [1.29, 1.82) is 0 Å². The second-order valence-corrected chi connectivity index (χ2v) is 5.98. The molecule has 0 bridgehead atoms. The van der Waals surface area contributed by atoms with Crippen molar-refractivity contribution in [1.82, 2.24) is 0 Å². The van der Waals surface area contributed by atoms with Crippen LogP contribution in [-0.4, -0.2) is 12.6 Å². The van der Waals surface area contributed by atoms with Crippen LogP contribution in [0, 0.1) is 0 Å². The lowest BCUT2D eigenvalue weighted by atomic mass is 9.87. The van der Waals surface area contributed by atoms with Gasteiger partial charge in [-0.25, -0.2) is 4.79 Å². The van der Waals surface area contributed by atoms with Crippen LogP contribution in [0.15, 0.2) is 42.5 Å². The summed E-state index contributed by atoms with van der Waals surface area (Å²) < 4.78 is 5.10. The Kier molecular flexibility index (Phi) is 6.23. The monoisotopic (exact) mass is 330 g/mol. The van der Waals surface area contributed by atoms with Crippen LogP contribution in [0.2, 0.25) is 5.02 Å². The molecule has 0 amide bonds. The van der Waals surface area contributed by atoms with E-state index in [2.05, 4.69) is 19.9 Å². The fraction of sp³-hybridized carbons (Fsp3) is 0.350. The summed E-state index contributed by atoms with van der Waals surface area (Å²) in [6.45, 7) is 6.58. The van der Waals surface area contributed by atoms with Gasteiger partial charge in [0.25, 0.3) is 0 Å². The molecule has 0 saturated carbocycles. The van der Waals surface area contributed by atoms with Crippen molar-refractivity contribution in [3.05, 3.63) is 58.6 Å². The predicted octanol–water partition coefficient (Wildman–Crippen LogP) is 6.09. The number of hydrogen-bond donors (Lipinski definition) is 0. The fourth-order valence-corrected chi connectivity index (χ4v) is 3.06. The summed E-state index contributed by atoms with van der Waals surface area (Å²) in [5.74, 6) is 0.189. The van der Waals surface area contributed by atoms with Gasteiger partial charge >= 0.3 is 5.97 Å². The Morgan fingerprint density at radius 2 is 1.83 bits per heavy atom. The fourth-order valence-electron chi connectivity index (χ4n) is 2.89. The number of benzene rings is 2. The van der Waals surface area contributed by atoms with Gasteiger partial charge in [-0.2, -0.15) is 0 Å². The smallest absolute Gasteiger partial charge is 0.338 e. The van der Waals surface area contributed by atoms with Crippen LogP contribution in [-0.2, 0) is 4.74 Å². The van der Waals surface area contributed by atoms with Crippen molar-refractivity contribution in [2.24, 2.45) is 0 Å². The Bertz CT molecular complexity index is 675. The van der Waals surface area contributed by atoms with Crippen molar-refractivity contribution < 1.29 is 9.53 Å². The number of ether oxygens (including phenoxy) is 1. The summed E-state index contributed by atoms with van der Waals surface area (Å²) in [7, 11) is 0. The van der Waals surface area contributed by atoms with Crippen molar-refractivity contribution >= 4 is 17.6 Å². The van der Waals surface area contributed by atoms with E-state index in [4.69, 9.17) is 16.3 Å². The van der Waals surface area contributed by atoms with E-state index in [1.54, 1.807) is 6.07 Å². The molecule has 0 aliphatic carbocycles. The normalized spacial score (nSPS) is 10.8. The summed E-state index contributed by atoms with van der Waals surface area (Å²) in [5.41, 5.74) is 3.94. The molecule has 0 aromatic heterocycles. The summed E-state index contributed by atoms with van der Waals surface area (Å²) in [5, 5.41) is 0.705. The van der Waals surface area contributed by atoms with Crippen LogP contribution < -0.4 is 0 Å². The molecular formula is C20H23ClO2. The van der Waals surface area contributed by atoms with Gasteiger partial charge in [0, 0.05) is 5.02 Å². The third-order valence-electron chi connectivity index (χ3n) is 4.13. The number of rotatable bonds is 6. The molecule has 122 valence electrons. The summed E-state index contributed by atoms with van der Waals surface area (Å²) in [6, 6.07) is 13.6. The Labute approximate surface area is 143 Å². The average molecular weight is 331 g/mol. The van der Waals surface area contributed by atoms with Crippen LogP contribution in [0.5, 0.6) is 0 Å². The first-order valence-electron chi connectivity index (χ1n) is 8.17. The lowest BCUT2D eigenvalue weighted by Crippen LogP contribution is -2.05. The highest BCUT2D eigenvalue weighted by Crippen LogP contribution is 2.35. The molecule has 0 saturated heterocycles. The Balaban J connectivity index is 2.51. The number of esters is 1. The first-order valence-corrected chi connectivity index (χ1v) is 8.55. The molecule has 2 aromatic rings. The lowest BCUT2D eigenvalue weighted by molar-refractivity contribution is 0.0526. The van der Waals surface area contributed by atoms with E-state index in [1.165, 1.54) is 5.56 Å². The van der Waals surface area contributed by atoms with Crippen molar-refractivity contribution in [2.45, 2.75) is 39.5 Å². The minimum atomic E-state index is -0.291. The molecule has 0 heterocycles. The van der Waals surface area contributed by atoms with E-state index in [0.717, 1.165) is 24.0 Å². The van der Waals surface area contributed by atoms with Gasteiger partial charge in [0.15, 0.2) is 0 Å². The van der Waals surface area contributed by atoms with Gasteiger partial charge in [-0.05, 0) is 66.6 Å². The average Bonchev–Trinajstić information content (AvgIpc) is 2.57. The van der Waals surface area contributed by atoms with Crippen LogP contribution in [0.25, 0.3) is 11.1 Å². The van der Waals surface area contributed by atoms with Crippen molar-refractivity contribution in [2.75, 3.05) is 6.61 Å². The lowest BCUT2D eigenvalue weighted by Gasteiger charge is -2.18. The van der Waals surface area contributed by atoms with Gasteiger partial charge in [-0.15, -0.1) is 0 Å². The predicted molar refractivity (Wildman–Crippen MR) is 96.2 cm³/mol. The molecule has 0 aliphatic heterocycles. The highest BCUT2D eigenvalue weighted by Gasteiger charge is 2.15. The van der Waals surface area contributed by atoms with Crippen LogP contribution in [0.4, 0.5) is 0 Å². The second kappa shape index (κ2) is 8.16. The van der Waals surface area contributed by atoms with E-state index >= 15 is 0 Å². The SMILES string of the molecule is CCOC(=O)c1cccc(-c2cc(Cl)ccc2C(CC)CC)c1. The minimum Gasteiger partial charge on any atom is -0.462 e. The van der Waals surface area contributed by atoms with E-state index in [-0.39, 0.29) is 5.97 Å². The highest BCUT2D eigenvalue weighted by atomic mass is 35.5. The van der Waals surface area contributed by atoms with Crippen LogP contribution >= 0.6 is 11.6 Å². The Hall–Kier alpha value is -1.80. The van der Waals surface area contributed by atoms with Gasteiger partial charge < -0.3 is 4.74 Å². The van der Waals surface area contributed by atoms with Gasteiger partial charge in [-0.1, -0.05) is 43.6 Å². The zero-order chi connectivity index (χ0) is 16.8. The molecule has 2 nitrogen and oxygen atoms in total. The second-order valence-electron chi connectivity index (χ2n) is 5.55. The summed E-state index contributed by atoms with van der Waals surface area (Å²) in [4.78, 5) is 12.0. The zero-order valence-corrected chi connectivity index (χ0v) is 14.7. The first kappa shape index (κ1) is 17.6. The molecule has 0 unspecified atom stereocenters. The molecule has 0 spiro atoms. The minimum absolute atomic E-state index is 0.291. The summed E-state index contributed by atoms with van der Waals surface area (Å²) in [6.07, 6.45) is 2.14. The van der Waals surface area contributed by atoms with Crippen molar-refractivity contribution in [3.63, 3.8) is 0 Å². The van der Waals surface area contributed by atoms with Crippen LogP contribution in [0.1, 0.15) is 55.5 Å². The maximum absolute atomic E-state index is 12.0. The number of halogens is 1. The molecule has 23 heavy (non-hydrogen) atoms. The molecule has 2 aromatic carbocycles. The molecule has 0 atom stereocenters. The van der Waals surface area contributed by atoms with Crippen molar-refractivity contribution in [3.8, 4) is 11.1 Å². The molecule has 2 rings (SSSR count). The summed E-state index contributed by atoms with van der Waals surface area (Å²) >= 11 is 6.22. The Morgan fingerprint density at radius 3 is 2.48 bits per heavy atom. The van der Waals surface area contributed by atoms with E-state index < -0.39 is 0 Å². The van der Waals surface area contributed by atoms with Gasteiger partial charge in [0.1, 0.15) is 0 Å². The number of hydrogen-bond acceptors (Lipinski definition) is 2. The Morgan fingerprint density at radius 1 is 1.09 bits per heavy atom. The first-order chi connectivity index (χ1) is 11.1. The number of carbonyl (C=O) groups is 1. The zero-order valence-electron chi connectivity index (χ0n) is 13.9. The third-order valence-corrected chi connectivity index (χ3v) is 4.36.